The van der Waals surface area contributed by atoms with E-state index in [9.17, 15) is 13.2 Å². The van der Waals surface area contributed by atoms with E-state index in [1.807, 2.05) is 12.1 Å². The van der Waals surface area contributed by atoms with Crippen LogP contribution in [0.4, 0.5) is 13.2 Å². The molecule has 29 heavy (non-hydrogen) atoms. The Labute approximate surface area is 167 Å². The SMILES string of the molecule is FC(F)(F)Oc1[c]cccc1C1C=CC2=C(CCc3c2ccc2ccccc32)C1. The van der Waals surface area contributed by atoms with Crippen molar-refractivity contribution in [2.45, 2.75) is 31.5 Å². The summed E-state index contributed by atoms with van der Waals surface area (Å²) < 4.78 is 42.6. The van der Waals surface area contributed by atoms with Crippen molar-refractivity contribution < 1.29 is 17.9 Å². The van der Waals surface area contributed by atoms with Crippen molar-refractivity contribution in [3.8, 4) is 5.75 Å². The molecule has 0 amide bonds. The van der Waals surface area contributed by atoms with Crippen LogP contribution in [0.3, 0.4) is 0 Å². The second-order valence-electron chi connectivity index (χ2n) is 7.50. The minimum Gasteiger partial charge on any atom is -0.405 e. The highest BCUT2D eigenvalue weighted by atomic mass is 19.4. The molecule has 2 aliphatic carbocycles. The molecule has 0 aromatic heterocycles. The number of para-hydroxylation sites is 1. The summed E-state index contributed by atoms with van der Waals surface area (Å²) in [5, 5.41) is 2.52. The van der Waals surface area contributed by atoms with E-state index >= 15 is 0 Å². The molecular weight excluding hydrogens is 373 g/mol. The molecule has 5 rings (SSSR count). The Morgan fingerprint density at radius 2 is 1.83 bits per heavy atom. The van der Waals surface area contributed by atoms with Gasteiger partial charge in [0.15, 0.2) is 0 Å². The number of rotatable bonds is 2. The third-order valence-electron chi connectivity index (χ3n) is 5.82. The first-order valence-corrected chi connectivity index (χ1v) is 9.67. The van der Waals surface area contributed by atoms with Crippen LogP contribution in [-0.2, 0) is 6.42 Å². The quantitative estimate of drug-likeness (QED) is 0.458. The molecule has 0 bridgehead atoms. The highest BCUT2D eigenvalue weighted by molar-refractivity contribution is 5.94. The number of fused-ring (bicyclic) bond motifs is 4. The molecular formula is C25H18F3O. The largest absolute Gasteiger partial charge is 0.573 e. The minimum atomic E-state index is -4.72. The third kappa shape index (κ3) is 3.33. The summed E-state index contributed by atoms with van der Waals surface area (Å²) >= 11 is 0. The molecule has 0 spiro atoms. The molecule has 1 atom stereocenters. The minimum absolute atomic E-state index is 0.148. The summed E-state index contributed by atoms with van der Waals surface area (Å²) in [4.78, 5) is 0. The molecule has 2 aliphatic rings. The smallest absolute Gasteiger partial charge is 0.405 e. The fourth-order valence-electron chi connectivity index (χ4n) is 4.57. The zero-order valence-corrected chi connectivity index (χ0v) is 15.6. The van der Waals surface area contributed by atoms with Gasteiger partial charge in [0.05, 0.1) is 0 Å². The van der Waals surface area contributed by atoms with E-state index in [1.54, 1.807) is 12.1 Å². The van der Waals surface area contributed by atoms with Gasteiger partial charge in [-0.15, -0.1) is 13.2 Å². The van der Waals surface area contributed by atoms with Crippen molar-refractivity contribution in [3.05, 3.63) is 95.1 Å². The first kappa shape index (κ1) is 18.0. The molecule has 1 nitrogen and oxygen atoms in total. The molecule has 0 saturated carbocycles. The van der Waals surface area contributed by atoms with Crippen LogP contribution in [0, 0.1) is 6.07 Å². The molecule has 0 saturated heterocycles. The van der Waals surface area contributed by atoms with Crippen molar-refractivity contribution in [3.63, 3.8) is 0 Å². The van der Waals surface area contributed by atoms with E-state index in [-0.39, 0.29) is 11.7 Å². The fraction of sp³-hybridized carbons (Fsp3) is 0.200. The van der Waals surface area contributed by atoms with E-state index in [0.717, 1.165) is 12.8 Å². The molecule has 0 N–H and O–H groups in total. The molecule has 3 aromatic rings. The van der Waals surface area contributed by atoms with Gasteiger partial charge in [-0.2, -0.15) is 0 Å². The predicted octanol–water partition coefficient (Wildman–Crippen LogP) is 6.98. The lowest BCUT2D eigenvalue weighted by molar-refractivity contribution is -0.275. The number of ether oxygens (including phenoxy) is 1. The monoisotopic (exact) mass is 391 g/mol. The number of benzene rings is 3. The molecule has 0 aliphatic heterocycles. The second-order valence-corrected chi connectivity index (χ2v) is 7.50. The van der Waals surface area contributed by atoms with Crippen LogP contribution in [0.5, 0.6) is 5.75 Å². The number of aryl methyl sites for hydroxylation is 1. The average Bonchev–Trinajstić information content (AvgIpc) is 2.72. The topological polar surface area (TPSA) is 9.23 Å². The summed E-state index contributed by atoms with van der Waals surface area (Å²) in [6.45, 7) is 0. The summed E-state index contributed by atoms with van der Waals surface area (Å²) in [7, 11) is 0. The Morgan fingerprint density at radius 3 is 2.69 bits per heavy atom. The van der Waals surface area contributed by atoms with Crippen LogP contribution in [0.1, 0.15) is 35.4 Å². The number of allylic oxidation sites excluding steroid dienone is 4. The van der Waals surface area contributed by atoms with Gasteiger partial charge in [-0.1, -0.05) is 72.3 Å². The van der Waals surface area contributed by atoms with Crippen LogP contribution < -0.4 is 4.74 Å². The van der Waals surface area contributed by atoms with Crippen molar-refractivity contribution in [1.29, 1.82) is 0 Å². The molecule has 1 radical (unpaired) electrons. The van der Waals surface area contributed by atoms with Gasteiger partial charge in [-0.25, -0.2) is 0 Å². The van der Waals surface area contributed by atoms with Gasteiger partial charge in [0.2, 0.25) is 0 Å². The molecule has 0 heterocycles. The fourth-order valence-corrected chi connectivity index (χ4v) is 4.57. The lowest BCUT2D eigenvalue weighted by Gasteiger charge is -2.29. The van der Waals surface area contributed by atoms with Gasteiger partial charge in [0, 0.05) is 17.5 Å². The van der Waals surface area contributed by atoms with Gasteiger partial charge in [0.25, 0.3) is 0 Å². The zero-order valence-electron chi connectivity index (χ0n) is 15.6. The van der Waals surface area contributed by atoms with E-state index in [2.05, 4.69) is 47.2 Å². The highest BCUT2D eigenvalue weighted by Crippen LogP contribution is 2.45. The van der Waals surface area contributed by atoms with Crippen LogP contribution in [-0.4, -0.2) is 6.36 Å². The third-order valence-corrected chi connectivity index (χ3v) is 5.82. The van der Waals surface area contributed by atoms with Crippen molar-refractivity contribution in [2.75, 3.05) is 0 Å². The number of halogens is 3. The first-order chi connectivity index (χ1) is 14.0. The van der Waals surface area contributed by atoms with Crippen molar-refractivity contribution in [2.24, 2.45) is 0 Å². The predicted molar refractivity (Wildman–Crippen MR) is 108 cm³/mol. The Morgan fingerprint density at radius 1 is 0.966 bits per heavy atom. The van der Waals surface area contributed by atoms with Gasteiger partial charge in [-0.05, 0) is 46.7 Å². The van der Waals surface area contributed by atoms with E-state index in [1.165, 1.54) is 39.1 Å². The molecule has 1 unspecified atom stereocenters. The molecule has 3 aromatic carbocycles. The van der Waals surface area contributed by atoms with Crippen LogP contribution >= 0.6 is 0 Å². The molecule has 4 heteroatoms. The van der Waals surface area contributed by atoms with Crippen molar-refractivity contribution >= 4 is 16.3 Å². The van der Waals surface area contributed by atoms with Gasteiger partial charge < -0.3 is 4.74 Å². The lowest BCUT2D eigenvalue weighted by Crippen LogP contribution is -2.19. The summed E-state index contributed by atoms with van der Waals surface area (Å²) in [6, 6.07) is 20.2. The van der Waals surface area contributed by atoms with Crippen molar-refractivity contribution in [1.82, 2.24) is 0 Å². The normalized spacial score (nSPS) is 18.5. The number of hydrogen-bond donors (Lipinski definition) is 0. The summed E-state index contributed by atoms with van der Waals surface area (Å²) in [5.74, 6) is -0.383. The van der Waals surface area contributed by atoms with E-state index in [0.29, 0.717) is 12.0 Å². The Balaban J connectivity index is 1.50. The van der Waals surface area contributed by atoms with Crippen LogP contribution in [0.15, 0.2) is 72.3 Å². The Hall–Kier alpha value is -3.01. The standard InChI is InChI=1S/C25H18F3O/c26-25(27,28)29-24-8-4-3-7-21(24)18-10-12-20-17(15-18)11-14-22-19-6-2-1-5-16(19)9-13-23(20)22/h1-7,9-10,12-13,18H,11,14-15H2. The first-order valence-electron chi connectivity index (χ1n) is 9.67. The average molecular weight is 391 g/mol. The van der Waals surface area contributed by atoms with Crippen LogP contribution in [0.2, 0.25) is 0 Å². The summed E-state index contributed by atoms with van der Waals surface area (Å²) in [6.07, 6.45) is 1.91. The molecule has 145 valence electrons. The van der Waals surface area contributed by atoms with E-state index < -0.39 is 6.36 Å². The number of alkyl halides is 3. The highest BCUT2D eigenvalue weighted by Gasteiger charge is 2.33. The van der Waals surface area contributed by atoms with Crippen LogP contribution in [0.25, 0.3) is 16.3 Å². The maximum atomic E-state index is 12.8. The molecule has 0 fully saturated rings. The van der Waals surface area contributed by atoms with E-state index in [4.69, 9.17) is 0 Å². The van der Waals surface area contributed by atoms with Gasteiger partial charge in [-0.3, -0.25) is 0 Å². The maximum absolute atomic E-state index is 12.8. The Bertz CT molecular complexity index is 1150. The second kappa shape index (κ2) is 6.80. The summed E-state index contributed by atoms with van der Waals surface area (Å²) in [5.41, 5.74) is 5.63. The van der Waals surface area contributed by atoms with Gasteiger partial charge in [0.1, 0.15) is 5.75 Å². The maximum Gasteiger partial charge on any atom is 0.573 e. The zero-order chi connectivity index (χ0) is 20.0. The number of hydrogen-bond acceptors (Lipinski definition) is 1. The lowest BCUT2D eigenvalue weighted by atomic mass is 9.75. The Kier molecular flexibility index (Phi) is 4.23. The van der Waals surface area contributed by atoms with Gasteiger partial charge >= 0.3 is 6.36 Å².